The molecule has 1 aliphatic rings. The Morgan fingerprint density at radius 1 is 1.24 bits per heavy atom. The number of hydrogen-bond donors (Lipinski definition) is 1. The van der Waals surface area contributed by atoms with Crippen LogP contribution >= 0.6 is 11.8 Å². The average molecular weight is 355 g/mol. The second-order valence-corrected chi connectivity index (χ2v) is 6.03. The number of ether oxygens (including phenoxy) is 1. The van der Waals surface area contributed by atoms with Crippen LogP contribution in [-0.4, -0.2) is 23.1 Å². The normalized spacial score (nSPS) is 16.9. The third-order valence-corrected chi connectivity index (χ3v) is 4.26. The molecule has 0 radical (unpaired) electrons. The number of nitrogens with zero attached hydrogens (tertiary/aromatic N) is 2. The Labute approximate surface area is 147 Å². The van der Waals surface area contributed by atoms with E-state index in [0.29, 0.717) is 21.4 Å². The summed E-state index contributed by atoms with van der Waals surface area (Å²) in [5.74, 6) is 0.133. The van der Waals surface area contributed by atoms with Crippen molar-refractivity contribution in [1.29, 1.82) is 0 Å². The highest BCUT2D eigenvalue weighted by molar-refractivity contribution is 8.18. The topological polar surface area (TPSA) is 93.8 Å². The Kier molecular flexibility index (Phi) is 4.80. The highest BCUT2D eigenvalue weighted by Crippen LogP contribution is 2.32. The summed E-state index contributed by atoms with van der Waals surface area (Å²) in [5, 5.41) is 14.1. The molecule has 0 bridgehead atoms. The number of rotatable bonds is 4. The highest BCUT2D eigenvalue weighted by Gasteiger charge is 2.24. The number of aliphatic imine (C=N–C) groups is 1. The minimum Gasteiger partial charge on any atom is -0.496 e. The molecule has 1 aliphatic heterocycles. The van der Waals surface area contributed by atoms with Crippen LogP contribution in [0.1, 0.15) is 5.56 Å². The quantitative estimate of drug-likeness (QED) is 0.515. The number of amidine groups is 1. The lowest BCUT2D eigenvalue weighted by molar-refractivity contribution is -0.384. The summed E-state index contributed by atoms with van der Waals surface area (Å²) >= 11 is 1.17. The number of thioether (sulfide) groups is 1. The van der Waals surface area contributed by atoms with E-state index in [1.807, 2.05) is 30.3 Å². The number of non-ortho nitro benzene ring substituents is 1. The second-order valence-electron chi connectivity index (χ2n) is 5.00. The van der Waals surface area contributed by atoms with Gasteiger partial charge in [-0.2, -0.15) is 0 Å². The Hall–Kier alpha value is -3.13. The van der Waals surface area contributed by atoms with Gasteiger partial charge >= 0.3 is 0 Å². The molecule has 8 heteroatoms. The van der Waals surface area contributed by atoms with E-state index >= 15 is 0 Å². The van der Waals surface area contributed by atoms with Gasteiger partial charge in [-0.15, -0.1) is 0 Å². The zero-order valence-electron chi connectivity index (χ0n) is 13.1. The molecule has 0 unspecified atom stereocenters. The van der Waals surface area contributed by atoms with Gasteiger partial charge in [0.2, 0.25) is 0 Å². The number of nitro groups is 1. The number of carbonyl (C=O) groups is 1. The Morgan fingerprint density at radius 2 is 2.00 bits per heavy atom. The summed E-state index contributed by atoms with van der Waals surface area (Å²) in [7, 11) is 1.47. The van der Waals surface area contributed by atoms with Gasteiger partial charge < -0.3 is 10.1 Å². The number of hydrogen-bond acceptors (Lipinski definition) is 6. The van der Waals surface area contributed by atoms with Crippen LogP contribution in [0.4, 0.5) is 11.4 Å². The van der Waals surface area contributed by atoms with Gasteiger partial charge in [0.25, 0.3) is 11.6 Å². The van der Waals surface area contributed by atoms with Crippen LogP contribution in [0.25, 0.3) is 6.08 Å². The number of nitrogens with one attached hydrogen (secondary N) is 1. The predicted octanol–water partition coefficient (Wildman–Crippen LogP) is 3.50. The van der Waals surface area contributed by atoms with Gasteiger partial charge in [-0.3, -0.25) is 14.9 Å². The van der Waals surface area contributed by atoms with E-state index in [2.05, 4.69) is 10.3 Å². The van der Waals surface area contributed by atoms with E-state index in [-0.39, 0.29) is 11.6 Å². The fraction of sp³-hybridized carbons (Fsp3) is 0.0588. The summed E-state index contributed by atoms with van der Waals surface area (Å²) in [6, 6.07) is 13.5. The van der Waals surface area contributed by atoms with E-state index in [4.69, 9.17) is 4.74 Å². The fourth-order valence-corrected chi connectivity index (χ4v) is 3.02. The smallest absolute Gasteiger partial charge is 0.270 e. The third-order valence-electron chi connectivity index (χ3n) is 3.35. The molecule has 1 N–H and O–H groups in total. The molecule has 25 heavy (non-hydrogen) atoms. The van der Waals surface area contributed by atoms with Crippen molar-refractivity contribution in [2.75, 3.05) is 7.11 Å². The minimum absolute atomic E-state index is 0.0748. The van der Waals surface area contributed by atoms with Crippen molar-refractivity contribution >= 4 is 40.3 Å². The first-order chi connectivity index (χ1) is 12.1. The zero-order chi connectivity index (χ0) is 17.8. The van der Waals surface area contributed by atoms with Crippen molar-refractivity contribution in [2.24, 2.45) is 4.99 Å². The Balaban J connectivity index is 1.92. The first kappa shape index (κ1) is 16.7. The van der Waals surface area contributed by atoms with Crippen LogP contribution in [0, 0.1) is 10.1 Å². The molecular weight excluding hydrogens is 342 g/mol. The molecule has 126 valence electrons. The largest absolute Gasteiger partial charge is 0.496 e. The van der Waals surface area contributed by atoms with Crippen LogP contribution in [-0.2, 0) is 4.79 Å². The molecule has 3 rings (SSSR count). The van der Waals surface area contributed by atoms with E-state index in [9.17, 15) is 14.9 Å². The maximum absolute atomic E-state index is 12.1. The van der Waals surface area contributed by atoms with Crippen molar-refractivity contribution < 1.29 is 14.5 Å². The van der Waals surface area contributed by atoms with Crippen LogP contribution in [0.2, 0.25) is 0 Å². The summed E-state index contributed by atoms with van der Waals surface area (Å²) in [4.78, 5) is 27.3. The zero-order valence-corrected chi connectivity index (χ0v) is 13.9. The van der Waals surface area contributed by atoms with Crippen LogP contribution < -0.4 is 10.1 Å². The number of carbonyl (C=O) groups excluding carboxylic acids is 1. The van der Waals surface area contributed by atoms with Crippen LogP contribution in [0.5, 0.6) is 5.75 Å². The van der Waals surface area contributed by atoms with Crippen molar-refractivity contribution in [3.63, 3.8) is 0 Å². The molecule has 1 saturated heterocycles. The number of methoxy groups -OCH3 is 1. The van der Waals surface area contributed by atoms with E-state index in [1.165, 1.54) is 37.1 Å². The van der Waals surface area contributed by atoms with Gasteiger partial charge in [-0.1, -0.05) is 18.2 Å². The molecule has 1 heterocycles. The molecule has 0 saturated carbocycles. The number of para-hydroxylation sites is 1. The van der Waals surface area contributed by atoms with Gasteiger partial charge in [-0.05, 0) is 36.0 Å². The summed E-state index contributed by atoms with van der Waals surface area (Å²) < 4.78 is 5.21. The Bertz CT molecular complexity index is 894. The number of amides is 1. The van der Waals surface area contributed by atoms with Crippen LogP contribution in [0.3, 0.4) is 0 Å². The highest BCUT2D eigenvalue weighted by atomic mass is 32.2. The molecule has 1 amide bonds. The molecule has 0 aliphatic carbocycles. The average Bonchev–Trinajstić information content (AvgIpc) is 2.94. The van der Waals surface area contributed by atoms with Gasteiger partial charge in [0, 0.05) is 17.7 Å². The van der Waals surface area contributed by atoms with E-state index in [0.717, 1.165) is 5.69 Å². The molecular formula is C17H13N3O4S. The number of nitro benzene ring substituents is 1. The molecule has 1 fully saturated rings. The summed E-state index contributed by atoms with van der Waals surface area (Å²) in [6.07, 6.45) is 1.55. The molecule has 0 aromatic heterocycles. The van der Waals surface area contributed by atoms with Crippen molar-refractivity contribution in [3.05, 3.63) is 69.1 Å². The molecule has 0 atom stereocenters. The molecule has 2 aromatic carbocycles. The van der Waals surface area contributed by atoms with Gasteiger partial charge in [-0.25, -0.2) is 4.99 Å². The lowest BCUT2D eigenvalue weighted by Gasteiger charge is -2.04. The van der Waals surface area contributed by atoms with Crippen molar-refractivity contribution in [2.45, 2.75) is 0 Å². The SMILES string of the molecule is COc1ccc([N+](=O)[O-])cc1/C=C1/SC(=Nc2ccccc2)NC1=O. The lowest BCUT2D eigenvalue weighted by Crippen LogP contribution is -2.19. The minimum atomic E-state index is -0.494. The maximum atomic E-state index is 12.1. The maximum Gasteiger partial charge on any atom is 0.270 e. The second kappa shape index (κ2) is 7.18. The Morgan fingerprint density at radius 3 is 2.68 bits per heavy atom. The first-order valence-electron chi connectivity index (χ1n) is 7.24. The van der Waals surface area contributed by atoms with E-state index in [1.54, 1.807) is 6.08 Å². The number of benzene rings is 2. The lowest BCUT2D eigenvalue weighted by atomic mass is 10.1. The molecule has 7 nitrogen and oxygen atoms in total. The monoisotopic (exact) mass is 355 g/mol. The first-order valence-corrected chi connectivity index (χ1v) is 8.05. The van der Waals surface area contributed by atoms with Gasteiger partial charge in [0.05, 0.1) is 22.6 Å². The molecule has 2 aromatic rings. The van der Waals surface area contributed by atoms with Crippen LogP contribution in [0.15, 0.2) is 58.4 Å². The summed E-state index contributed by atoms with van der Waals surface area (Å²) in [5.41, 5.74) is 1.10. The van der Waals surface area contributed by atoms with Crippen molar-refractivity contribution in [3.8, 4) is 5.75 Å². The third kappa shape index (κ3) is 3.86. The summed E-state index contributed by atoms with van der Waals surface area (Å²) in [6.45, 7) is 0. The van der Waals surface area contributed by atoms with Gasteiger partial charge in [0.15, 0.2) is 5.17 Å². The van der Waals surface area contributed by atoms with Crippen molar-refractivity contribution in [1.82, 2.24) is 5.32 Å². The standard InChI is InChI=1S/C17H13N3O4S/c1-24-14-8-7-13(20(22)23)9-11(14)10-15-16(21)19-17(25-15)18-12-5-3-2-4-6-12/h2-10H,1H3,(H,18,19,21)/b15-10+. The van der Waals surface area contributed by atoms with E-state index < -0.39 is 4.92 Å². The molecule has 0 spiro atoms. The van der Waals surface area contributed by atoms with Gasteiger partial charge in [0.1, 0.15) is 5.75 Å². The predicted molar refractivity (Wildman–Crippen MR) is 96.9 cm³/mol. The fourth-order valence-electron chi connectivity index (χ4n) is 2.19.